The molecule has 5 heteroatoms. The van der Waals surface area contributed by atoms with Crippen LogP contribution in [0.3, 0.4) is 0 Å². The minimum atomic E-state index is -0.0803. The van der Waals surface area contributed by atoms with Gasteiger partial charge in [-0.05, 0) is 38.7 Å². The monoisotopic (exact) mass is 249 g/mol. The van der Waals surface area contributed by atoms with Crippen LogP contribution in [0.4, 0.5) is 5.69 Å². The maximum absolute atomic E-state index is 11.4. The number of aromatic amines is 1. The van der Waals surface area contributed by atoms with Crippen LogP contribution < -0.4 is 11.0 Å². The van der Waals surface area contributed by atoms with Gasteiger partial charge in [0.25, 0.3) is 5.56 Å². The summed E-state index contributed by atoms with van der Waals surface area (Å²) in [5.74, 6) is 0. The number of hydrogen-bond donors (Lipinski definition) is 2. The van der Waals surface area contributed by atoms with Crippen molar-refractivity contribution in [1.29, 1.82) is 0 Å². The van der Waals surface area contributed by atoms with Crippen LogP contribution in [-0.4, -0.2) is 23.9 Å². The zero-order valence-corrected chi connectivity index (χ0v) is 10.8. The number of rotatable bonds is 3. The number of nitrogens with zero attached hydrogens (tertiary/aromatic N) is 1. The van der Waals surface area contributed by atoms with Crippen LogP contribution in [-0.2, 0) is 4.74 Å². The first kappa shape index (κ1) is 12.8. The average molecular weight is 249 g/mol. The van der Waals surface area contributed by atoms with Crippen molar-refractivity contribution >= 4 is 11.4 Å². The summed E-state index contributed by atoms with van der Waals surface area (Å²) < 4.78 is 5.32. The largest absolute Gasteiger partial charge is 0.381 e. The maximum Gasteiger partial charge on any atom is 0.252 e. The Balaban J connectivity index is 1.99. The van der Waals surface area contributed by atoms with Crippen LogP contribution in [0, 0.1) is 6.92 Å². The number of hydrazone groups is 1. The van der Waals surface area contributed by atoms with Gasteiger partial charge in [-0.3, -0.25) is 10.2 Å². The number of nitrogens with one attached hydrogen (secondary N) is 2. The standard InChI is InChI=1S/C13H19N3O2/c1-9-12(7-8-14-13(9)17)16-15-10-3-5-11(18-2)6-4-10/h7-8,11H,3-6H2,1-2H3,(H2,14,16,17). The predicted molar refractivity (Wildman–Crippen MR) is 72.1 cm³/mol. The van der Waals surface area contributed by atoms with Gasteiger partial charge in [0, 0.05) is 24.6 Å². The van der Waals surface area contributed by atoms with E-state index in [4.69, 9.17) is 4.74 Å². The second kappa shape index (κ2) is 5.82. The van der Waals surface area contributed by atoms with Crippen molar-refractivity contribution in [2.45, 2.75) is 38.7 Å². The van der Waals surface area contributed by atoms with Gasteiger partial charge >= 0.3 is 0 Å². The van der Waals surface area contributed by atoms with Gasteiger partial charge in [0.2, 0.25) is 0 Å². The summed E-state index contributed by atoms with van der Waals surface area (Å²) in [6.07, 6.45) is 5.93. The molecule has 0 spiro atoms. The Morgan fingerprint density at radius 1 is 1.44 bits per heavy atom. The van der Waals surface area contributed by atoms with Crippen molar-refractivity contribution in [3.8, 4) is 0 Å². The molecule has 2 rings (SSSR count). The summed E-state index contributed by atoms with van der Waals surface area (Å²) in [5, 5.41) is 4.38. The van der Waals surface area contributed by atoms with E-state index in [9.17, 15) is 4.79 Å². The molecular formula is C13H19N3O2. The molecule has 0 saturated heterocycles. The Hall–Kier alpha value is -1.62. The summed E-state index contributed by atoms with van der Waals surface area (Å²) >= 11 is 0. The molecule has 2 N–H and O–H groups in total. The average Bonchev–Trinajstić information content (AvgIpc) is 2.41. The molecule has 0 aliphatic heterocycles. The number of ether oxygens (including phenoxy) is 1. The predicted octanol–water partition coefficient (Wildman–Crippen LogP) is 2.04. The fourth-order valence-corrected chi connectivity index (χ4v) is 2.09. The highest BCUT2D eigenvalue weighted by Crippen LogP contribution is 2.19. The zero-order chi connectivity index (χ0) is 13.0. The Morgan fingerprint density at radius 2 is 2.17 bits per heavy atom. The molecule has 0 amide bonds. The van der Waals surface area contributed by atoms with Crippen molar-refractivity contribution in [3.05, 3.63) is 28.2 Å². The van der Waals surface area contributed by atoms with Crippen LogP contribution in [0.25, 0.3) is 0 Å². The van der Waals surface area contributed by atoms with Gasteiger partial charge in [-0.15, -0.1) is 0 Å². The fraction of sp³-hybridized carbons (Fsp3) is 0.538. The summed E-state index contributed by atoms with van der Waals surface area (Å²) in [4.78, 5) is 14.0. The topological polar surface area (TPSA) is 66.5 Å². The number of aromatic nitrogens is 1. The molecule has 1 aromatic rings. The first-order valence-corrected chi connectivity index (χ1v) is 6.23. The molecule has 5 nitrogen and oxygen atoms in total. The van der Waals surface area contributed by atoms with Gasteiger partial charge < -0.3 is 9.72 Å². The van der Waals surface area contributed by atoms with Crippen LogP contribution in [0.2, 0.25) is 0 Å². The molecule has 98 valence electrons. The lowest BCUT2D eigenvalue weighted by Crippen LogP contribution is -2.21. The third-order valence-electron chi connectivity index (χ3n) is 3.39. The van der Waals surface area contributed by atoms with Crippen molar-refractivity contribution in [1.82, 2.24) is 4.98 Å². The Kier molecular flexibility index (Phi) is 4.15. The molecule has 1 aliphatic carbocycles. The Labute approximate surface area is 106 Å². The zero-order valence-electron chi connectivity index (χ0n) is 10.8. The van der Waals surface area contributed by atoms with E-state index >= 15 is 0 Å². The maximum atomic E-state index is 11.4. The lowest BCUT2D eigenvalue weighted by molar-refractivity contribution is 0.0863. The van der Waals surface area contributed by atoms with E-state index in [-0.39, 0.29) is 5.56 Å². The number of anilines is 1. The smallest absolute Gasteiger partial charge is 0.252 e. The van der Waals surface area contributed by atoms with E-state index in [0.29, 0.717) is 11.7 Å². The van der Waals surface area contributed by atoms with Gasteiger partial charge in [0.15, 0.2) is 0 Å². The molecule has 0 radical (unpaired) electrons. The van der Waals surface area contributed by atoms with Gasteiger partial charge in [0.05, 0.1) is 11.8 Å². The van der Waals surface area contributed by atoms with Gasteiger partial charge in [0.1, 0.15) is 0 Å². The minimum Gasteiger partial charge on any atom is -0.381 e. The SMILES string of the molecule is COC1CCC(=NNc2cc[nH]c(=O)c2C)CC1. The van der Waals surface area contributed by atoms with E-state index in [2.05, 4.69) is 15.5 Å². The second-order valence-electron chi connectivity index (χ2n) is 4.57. The quantitative estimate of drug-likeness (QED) is 0.806. The van der Waals surface area contributed by atoms with Crippen LogP contribution >= 0.6 is 0 Å². The fourth-order valence-electron chi connectivity index (χ4n) is 2.09. The molecular weight excluding hydrogens is 230 g/mol. The Morgan fingerprint density at radius 3 is 2.83 bits per heavy atom. The second-order valence-corrected chi connectivity index (χ2v) is 4.57. The molecule has 0 aromatic carbocycles. The van der Waals surface area contributed by atoms with E-state index in [1.54, 1.807) is 20.2 Å². The summed E-state index contributed by atoms with van der Waals surface area (Å²) in [6.45, 7) is 1.78. The van der Waals surface area contributed by atoms with E-state index in [0.717, 1.165) is 37.1 Å². The van der Waals surface area contributed by atoms with Crippen LogP contribution in [0.1, 0.15) is 31.2 Å². The summed E-state index contributed by atoms with van der Waals surface area (Å²) in [5.41, 5.74) is 5.47. The first-order chi connectivity index (χ1) is 8.70. The Bertz CT molecular complexity index is 483. The van der Waals surface area contributed by atoms with E-state index in [1.165, 1.54) is 0 Å². The van der Waals surface area contributed by atoms with Crippen molar-refractivity contribution in [3.63, 3.8) is 0 Å². The summed E-state index contributed by atoms with van der Waals surface area (Å²) in [6, 6.07) is 1.82. The minimum absolute atomic E-state index is 0.0803. The highest BCUT2D eigenvalue weighted by atomic mass is 16.5. The summed E-state index contributed by atoms with van der Waals surface area (Å²) in [7, 11) is 1.75. The van der Waals surface area contributed by atoms with Gasteiger partial charge in [-0.1, -0.05) is 0 Å². The molecule has 0 bridgehead atoms. The highest BCUT2D eigenvalue weighted by Gasteiger charge is 2.16. The number of pyridine rings is 1. The molecule has 0 unspecified atom stereocenters. The van der Waals surface area contributed by atoms with Crippen molar-refractivity contribution in [2.24, 2.45) is 5.10 Å². The van der Waals surface area contributed by atoms with E-state index < -0.39 is 0 Å². The van der Waals surface area contributed by atoms with Crippen molar-refractivity contribution < 1.29 is 4.74 Å². The lowest BCUT2D eigenvalue weighted by Gasteiger charge is -2.21. The number of hydrogen-bond acceptors (Lipinski definition) is 4. The van der Waals surface area contributed by atoms with Gasteiger partial charge in [-0.25, -0.2) is 0 Å². The third-order valence-corrected chi connectivity index (χ3v) is 3.39. The highest BCUT2D eigenvalue weighted by molar-refractivity contribution is 5.85. The molecule has 1 aliphatic rings. The number of methoxy groups -OCH3 is 1. The van der Waals surface area contributed by atoms with Gasteiger partial charge in [-0.2, -0.15) is 5.10 Å². The van der Waals surface area contributed by atoms with Crippen molar-refractivity contribution in [2.75, 3.05) is 12.5 Å². The molecule has 1 fully saturated rings. The molecule has 1 saturated carbocycles. The van der Waals surface area contributed by atoms with Crippen LogP contribution in [0.5, 0.6) is 0 Å². The third kappa shape index (κ3) is 2.98. The number of H-pyrrole nitrogens is 1. The molecule has 1 heterocycles. The first-order valence-electron chi connectivity index (χ1n) is 6.23. The molecule has 18 heavy (non-hydrogen) atoms. The normalized spacial score (nSPS) is 19.7. The molecule has 1 aromatic heterocycles. The van der Waals surface area contributed by atoms with E-state index in [1.807, 2.05) is 6.07 Å². The van der Waals surface area contributed by atoms with Crippen LogP contribution in [0.15, 0.2) is 22.2 Å². The lowest BCUT2D eigenvalue weighted by atomic mass is 9.96. The molecule has 0 atom stereocenters.